The van der Waals surface area contributed by atoms with Gasteiger partial charge in [0.25, 0.3) is 0 Å². The first-order valence-electron chi connectivity index (χ1n) is 9.70. The number of nitrogens with one attached hydrogen (secondary N) is 2. The van der Waals surface area contributed by atoms with Crippen molar-refractivity contribution >= 4 is 17.5 Å². The van der Waals surface area contributed by atoms with E-state index in [9.17, 15) is 4.79 Å². The number of benzene rings is 1. The van der Waals surface area contributed by atoms with Gasteiger partial charge in [-0.2, -0.15) is 5.26 Å². The first-order chi connectivity index (χ1) is 13.9. The zero-order valence-electron chi connectivity index (χ0n) is 17.3. The minimum Gasteiger partial charge on any atom is -0.351 e. The fourth-order valence-corrected chi connectivity index (χ4v) is 3.48. The van der Waals surface area contributed by atoms with Crippen molar-refractivity contribution in [3.8, 4) is 6.07 Å². The van der Waals surface area contributed by atoms with Gasteiger partial charge >= 0.3 is 6.03 Å². The van der Waals surface area contributed by atoms with Gasteiger partial charge in [0.05, 0.1) is 6.04 Å². The second-order valence-electron chi connectivity index (χ2n) is 7.81. The summed E-state index contributed by atoms with van der Waals surface area (Å²) >= 11 is 0. The van der Waals surface area contributed by atoms with Crippen LogP contribution in [0.1, 0.15) is 31.0 Å². The van der Waals surface area contributed by atoms with Gasteiger partial charge in [0, 0.05) is 24.8 Å². The largest absolute Gasteiger partial charge is 0.351 e. The first kappa shape index (κ1) is 20.6. The highest BCUT2D eigenvalue weighted by atomic mass is 16.2. The van der Waals surface area contributed by atoms with E-state index in [0.717, 1.165) is 5.69 Å². The molecule has 1 aromatic heterocycles. The Morgan fingerprint density at radius 1 is 1.17 bits per heavy atom. The number of urea groups is 1. The van der Waals surface area contributed by atoms with Crippen molar-refractivity contribution in [3.63, 3.8) is 0 Å². The Hall–Kier alpha value is -3.18. The molecule has 0 spiro atoms. The molecule has 2 amide bonds. The smallest absolute Gasteiger partial charge is 0.319 e. The summed E-state index contributed by atoms with van der Waals surface area (Å²) in [5.74, 6) is 1.15. The van der Waals surface area contributed by atoms with Gasteiger partial charge in [-0.15, -0.1) is 10.2 Å². The molecule has 1 aliphatic heterocycles. The lowest BCUT2D eigenvalue weighted by atomic mass is 10.0. The van der Waals surface area contributed by atoms with Crippen molar-refractivity contribution in [1.82, 2.24) is 20.4 Å². The van der Waals surface area contributed by atoms with Crippen LogP contribution < -0.4 is 15.5 Å². The van der Waals surface area contributed by atoms with E-state index in [4.69, 9.17) is 5.26 Å². The van der Waals surface area contributed by atoms with Crippen LogP contribution in [-0.2, 0) is 0 Å². The third kappa shape index (κ3) is 5.00. The molecule has 1 aromatic carbocycles. The van der Waals surface area contributed by atoms with Crippen LogP contribution in [0.2, 0.25) is 0 Å². The average Bonchev–Trinajstić information content (AvgIpc) is 3.12. The molecule has 29 heavy (non-hydrogen) atoms. The number of carbonyl (C=O) groups excluding carboxylic acids is 1. The number of nitrogens with zero attached hydrogens (tertiary/aromatic N) is 5. The summed E-state index contributed by atoms with van der Waals surface area (Å²) in [6, 6.07) is 13.1. The number of amides is 2. The van der Waals surface area contributed by atoms with Gasteiger partial charge in [-0.3, -0.25) is 0 Å². The van der Waals surface area contributed by atoms with Crippen LogP contribution in [0.4, 0.5) is 16.3 Å². The third-order valence-electron chi connectivity index (χ3n) is 5.19. The Labute approximate surface area is 171 Å². The zero-order chi connectivity index (χ0) is 21.0. The van der Waals surface area contributed by atoms with Crippen molar-refractivity contribution in [2.75, 3.05) is 37.4 Å². The molecule has 1 aliphatic rings. The standard InChI is InChI=1S/C21H27N7O/c1-14(2)15-5-7-16(8-6-15)23-21(29)24-18-12-28(13-19(18)27(3)4)20-10-9-17(11-22)25-26-20/h5-10,14,18-19H,12-13H2,1-4H3,(H2,23,24,29)/t18-,19+/m0/s1. The van der Waals surface area contributed by atoms with Gasteiger partial charge in [-0.05, 0) is 49.8 Å². The van der Waals surface area contributed by atoms with Crippen molar-refractivity contribution in [3.05, 3.63) is 47.7 Å². The van der Waals surface area contributed by atoms with Crippen LogP contribution in [0.15, 0.2) is 36.4 Å². The molecule has 1 saturated heterocycles. The molecule has 3 rings (SSSR count). The molecular formula is C21H27N7O. The number of rotatable bonds is 5. The molecule has 1 fully saturated rings. The summed E-state index contributed by atoms with van der Waals surface area (Å²) in [6.07, 6.45) is 0. The maximum absolute atomic E-state index is 12.6. The van der Waals surface area contributed by atoms with Crippen LogP contribution in [0.25, 0.3) is 0 Å². The Morgan fingerprint density at radius 3 is 2.45 bits per heavy atom. The van der Waals surface area contributed by atoms with E-state index in [2.05, 4.69) is 44.5 Å². The second-order valence-corrected chi connectivity index (χ2v) is 7.81. The van der Waals surface area contributed by atoms with E-state index in [1.165, 1.54) is 5.56 Å². The molecule has 8 heteroatoms. The van der Waals surface area contributed by atoms with E-state index in [0.29, 0.717) is 24.8 Å². The van der Waals surface area contributed by atoms with Crippen LogP contribution in [0, 0.1) is 11.3 Å². The topological polar surface area (TPSA) is 97.2 Å². The zero-order valence-corrected chi connectivity index (χ0v) is 17.3. The van der Waals surface area contributed by atoms with E-state index in [1.54, 1.807) is 12.1 Å². The Kier molecular flexibility index (Phi) is 6.29. The van der Waals surface area contributed by atoms with Gasteiger partial charge in [0.15, 0.2) is 11.5 Å². The predicted molar refractivity (Wildman–Crippen MR) is 113 cm³/mol. The van der Waals surface area contributed by atoms with E-state index < -0.39 is 0 Å². The number of nitriles is 1. The fraction of sp³-hybridized carbons (Fsp3) is 0.429. The summed E-state index contributed by atoms with van der Waals surface area (Å²) in [5, 5.41) is 22.9. The van der Waals surface area contributed by atoms with Gasteiger partial charge in [0.1, 0.15) is 6.07 Å². The number of hydrogen-bond acceptors (Lipinski definition) is 6. The average molecular weight is 393 g/mol. The summed E-state index contributed by atoms with van der Waals surface area (Å²) in [6.45, 7) is 5.60. The first-order valence-corrected chi connectivity index (χ1v) is 9.70. The third-order valence-corrected chi connectivity index (χ3v) is 5.19. The summed E-state index contributed by atoms with van der Waals surface area (Å²) in [5.41, 5.74) is 2.29. The molecule has 2 aromatic rings. The Bertz CT molecular complexity index is 871. The predicted octanol–water partition coefficient (Wildman–Crippen LogP) is 2.41. The maximum atomic E-state index is 12.6. The summed E-state index contributed by atoms with van der Waals surface area (Å²) in [4.78, 5) is 16.7. The number of likely N-dealkylation sites (N-methyl/N-ethyl adjacent to an activating group) is 1. The van der Waals surface area contributed by atoms with Crippen molar-refractivity contribution in [2.24, 2.45) is 0 Å². The molecule has 0 aliphatic carbocycles. The molecule has 2 heterocycles. The van der Waals surface area contributed by atoms with E-state index in [1.807, 2.05) is 44.4 Å². The monoisotopic (exact) mass is 393 g/mol. The Morgan fingerprint density at radius 2 is 1.90 bits per heavy atom. The van der Waals surface area contributed by atoms with Crippen LogP contribution in [0.3, 0.4) is 0 Å². The molecule has 0 unspecified atom stereocenters. The molecular weight excluding hydrogens is 366 g/mol. The fourth-order valence-electron chi connectivity index (χ4n) is 3.48. The van der Waals surface area contributed by atoms with Crippen molar-refractivity contribution < 1.29 is 4.79 Å². The highest BCUT2D eigenvalue weighted by Gasteiger charge is 2.36. The molecule has 0 radical (unpaired) electrons. The SMILES string of the molecule is CC(C)c1ccc(NC(=O)N[C@H]2CN(c3ccc(C#N)nn3)C[C@H]2N(C)C)cc1. The lowest BCUT2D eigenvalue weighted by molar-refractivity contribution is 0.235. The number of carbonyl (C=O) groups is 1. The maximum Gasteiger partial charge on any atom is 0.319 e. The molecule has 0 saturated carbocycles. The van der Waals surface area contributed by atoms with Gasteiger partial charge in [-0.25, -0.2) is 4.79 Å². The molecule has 2 N–H and O–H groups in total. The highest BCUT2D eigenvalue weighted by molar-refractivity contribution is 5.89. The van der Waals surface area contributed by atoms with E-state index >= 15 is 0 Å². The molecule has 2 atom stereocenters. The molecule has 0 bridgehead atoms. The number of hydrogen-bond donors (Lipinski definition) is 2. The van der Waals surface area contributed by atoms with Crippen molar-refractivity contribution in [1.29, 1.82) is 5.26 Å². The van der Waals surface area contributed by atoms with Gasteiger partial charge < -0.3 is 20.4 Å². The van der Waals surface area contributed by atoms with Gasteiger partial charge in [0.2, 0.25) is 0 Å². The van der Waals surface area contributed by atoms with Gasteiger partial charge in [-0.1, -0.05) is 26.0 Å². The Balaban J connectivity index is 1.64. The highest BCUT2D eigenvalue weighted by Crippen LogP contribution is 2.21. The summed E-state index contributed by atoms with van der Waals surface area (Å²) < 4.78 is 0. The molecule has 152 valence electrons. The van der Waals surface area contributed by atoms with E-state index in [-0.39, 0.29) is 23.8 Å². The lowest BCUT2D eigenvalue weighted by Gasteiger charge is -2.25. The van der Waals surface area contributed by atoms with Crippen LogP contribution in [0.5, 0.6) is 0 Å². The number of aromatic nitrogens is 2. The second kappa shape index (κ2) is 8.88. The minimum atomic E-state index is -0.230. The lowest BCUT2D eigenvalue weighted by Crippen LogP contribution is -2.49. The normalized spacial score (nSPS) is 18.7. The quantitative estimate of drug-likeness (QED) is 0.810. The van der Waals surface area contributed by atoms with Crippen molar-refractivity contribution in [2.45, 2.75) is 31.8 Å². The number of anilines is 2. The van der Waals surface area contributed by atoms with Crippen LogP contribution in [-0.4, -0.2) is 60.4 Å². The summed E-state index contributed by atoms with van der Waals surface area (Å²) in [7, 11) is 3.99. The minimum absolute atomic E-state index is 0.0719. The van der Waals surface area contributed by atoms with Crippen LogP contribution >= 0.6 is 0 Å². The molecule has 8 nitrogen and oxygen atoms in total.